The molecule has 3 N–H and O–H groups in total. The van der Waals surface area contributed by atoms with Gasteiger partial charge in [-0.1, -0.05) is 24.1 Å². The first kappa shape index (κ1) is 16.2. The Morgan fingerprint density at radius 3 is 2.58 bits per heavy atom. The van der Waals surface area contributed by atoms with Crippen molar-refractivity contribution < 1.29 is 10.0 Å². The zero-order chi connectivity index (χ0) is 13.3. The lowest BCUT2D eigenvalue weighted by Crippen LogP contribution is -2.36. The molecule has 2 rings (SSSR count). The van der Waals surface area contributed by atoms with E-state index in [2.05, 4.69) is 0 Å². The fraction of sp³-hybridized carbons (Fsp3) is 0.500. The molecular formula is C12H16Cl2N2O3. The van der Waals surface area contributed by atoms with E-state index in [1.165, 1.54) is 12.1 Å². The molecule has 1 saturated carbocycles. The molecule has 1 fully saturated rings. The third-order valence-corrected chi connectivity index (χ3v) is 3.87. The minimum Gasteiger partial charge on any atom is -0.391 e. The number of nitrogens with zero attached hydrogens (tertiary/aromatic N) is 1. The molecule has 0 amide bonds. The van der Waals surface area contributed by atoms with Crippen molar-refractivity contribution in [1.82, 2.24) is 0 Å². The zero-order valence-corrected chi connectivity index (χ0v) is 11.7. The molecule has 7 heteroatoms. The Kier molecular flexibility index (Phi) is 5.55. The van der Waals surface area contributed by atoms with Crippen LogP contribution in [0, 0.1) is 16.0 Å². The van der Waals surface area contributed by atoms with Crippen LogP contribution < -0.4 is 5.73 Å². The minimum absolute atomic E-state index is 0. The lowest BCUT2D eigenvalue weighted by Gasteiger charge is -2.33. The number of hydrogen-bond donors (Lipinski definition) is 2. The molecule has 0 radical (unpaired) electrons. The Hall–Kier alpha value is -0.880. The topological polar surface area (TPSA) is 89.4 Å². The summed E-state index contributed by atoms with van der Waals surface area (Å²) in [6.45, 7) is 0. The lowest BCUT2D eigenvalue weighted by atomic mass is 9.77. The van der Waals surface area contributed by atoms with Crippen molar-refractivity contribution in [3.8, 4) is 0 Å². The highest BCUT2D eigenvalue weighted by atomic mass is 35.5. The standard InChI is InChI=1S/C12H15ClN2O3.ClH/c13-9-5-4-8(6-10(9)15(17)18)11(14)12(16)7-2-1-3-7;/h4-7,11-12,16H,1-3,14H2;1H/t11-,12+;/m0./s1. The van der Waals surface area contributed by atoms with Crippen molar-refractivity contribution in [2.75, 3.05) is 0 Å². The number of halogens is 2. The highest BCUT2D eigenvalue weighted by Crippen LogP contribution is 2.35. The van der Waals surface area contributed by atoms with Gasteiger partial charge in [0.2, 0.25) is 0 Å². The van der Waals surface area contributed by atoms with Gasteiger partial charge in [0.15, 0.2) is 0 Å². The van der Waals surface area contributed by atoms with Crippen LogP contribution in [0.15, 0.2) is 18.2 Å². The molecule has 0 saturated heterocycles. The average molecular weight is 307 g/mol. The molecule has 1 aromatic carbocycles. The fourth-order valence-corrected chi connectivity index (χ4v) is 2.34. The highest BCUT2D eigenvalue weighted by Gasteiger charge is 2.31. The summed E-state index contributed by atoms with van der Waals surface area (Å²) in [6, 6.07) is 3.81. The van der Waals surface area contributed by atoms with E-state index >= 15 is 0 Å². The van der Waals surface area contributed by atoms with Crippen LogP contribution in [0.5, 0.6) is 0 Å². The fourth-order valence-electron chi connectivity index (χ4n) is 2.15. The number of aliphatic hydroxyl groups excluding tert-OH is 1. The molecule has 2 atom stereocenters. The Balaban J connectivity index is 0.00000180. The van der Waals surface area contributed by atoms with E-state index in [-0.39, 0.29) is 29.0 Å². The van der Waals surface area contributed by atoms with Crippen molar-refractivity contribution in [2.24, 2.45) is 11.7 Å². The second-order valence-electron chi connectivity index (χ2n) is 4.68. The van der Waals surface area contributed by atoms with Gasteiger partial charge in [0.25, 0.3) is 5.69 Å². The molecule has 1 aliphatic carbocycles. The molecule has 0 spiro atoms. The summed E-state index contributed by atoms with van der Waals surface area (Å²) < 4.78 is 0. The van der Waals surface area contributed by atoms with Gasteiger partial charge in [-0.3, -0.25) is 10.1 Å². The van der Waals surface area contributed by atoms with Gasteiger partial charge in [-0.15, -0.1) is 12.4 Å². The van der Waals surface area contributed by atoms with Crippen LogP contribution in [0.4, 0.5) is 5.69 Å². The first-order valence-corrected chi connectivity index (χ1v) is 6.26. The smallest absolute Gasteiger partial charge is 0.288 e. The van der Waals surface area contributed by atoms with Gasteiger partial charge in [0, 0.05) is 6.07 Å². The molecule has 5 nitrogen and oxygen atoms in total. The number of nitro groups is 1. The van der Waals surface area contributed by atoms with Crippen molar-refractivity contribution in [2.45, 2.75) is 31.4 Å². The van der Waals surface area contributed by atoms with Crippen LogP contribution in [0.2, 0.25) is 5.02 Å². The summed E-state index contributed by atoms with van der Waals surface area (Å²) in [5, 5.41) is 20.9. The molecular weight excluding hydrogens is 291 g/mol. The molecule has 0 unspecified atom stereocenters. The monoisotopic (exact) mass is 306 g/mol. The highest BCUT2D eigenvalue weighted by molar-refractivity contribution is 6.32. The molecule has 0 aromatic heterocycles. The first-order valence-electron chi connectivity index (χ1n) is 5.88. The number of nitrogens with two attached hydrogens (primary N) is 1. The average Bonchev–Trinajstić information content (AvgIpc) is 2.26. The lowest BCUT2D eigenvalue weighted by molar-refractivity contribution is -0.384. The van der Waals surface area contributed by atoms with Crippen LogP contribution in [-0.4, -0.2) is 16.1 Å². The molecule has 1 aromatic rings. The zero-order valence-electron chi connectivity index (χ0n) is 10.2. The quantitative estimate of drug-likeness (QED) is 0.661. The van der Waals surface area contributed by atoms with Gasteiger partial charge in [0.05, 0.1) is 17.1 Å². The number of rotatable bonds is 4. The Labute approximate surface area is 122 Å². The number of benzene rings is 1. The van der Waals surface area contributed by atoms with E-state index in [1.54, 1.807) is 6.07 Å². The van der Waals surface area contributed by atoms with E-state index in [1.807, 2.05) is 0 Å². The minimum atomic E-state index is -0.653. The maximum absolute atomic E-state index is 10.8. The van der Waals surface area contributed by atoms with Crippen LogP contribution >= 0.6 is 24.0 Å². The number of nitro benzene ring substituents is 1. The molecule has 0 bridgehead atoms. The van der Waals surface area contributed by atoms with Gasteiger partial charge in [-0.05, 0) is 30.4 Å². The van der Waals surface area contributed by atoms with Crippen LogP contribution in [0.3, 0.4) is 0 Å². The molecule has 19 heavy (non-hydrogen) atoms. The summed E-state index contributed by atoms with van der Waals surface area (Å²) >= 11 is 5.73. The third kappa shape index (κ3) is 3.36. The summed E-state index contributed by atoms with van der Waals surface area (Å²) in [7, 11) is 0. The van der Waals surface area contributed by atoms with E-state index in [4.69, 9.17) is 17.3 Å². The van der Waals surface area contributed by atoms with Gasteiger partial charge < -0.3 is 10.8 Å². The summed E-state index contributed by atoms with van der Waals surface area (Å²) in [6.07, 6.45) is 2.38. The van der Waals surface area contributed by atoms with Crippen LogP contribution in [-0.2, 0) is 0 Å². The first-order chi connectivity index (χ1) is 8.50. The van der Waals surface area contributed by atoms with E-state index in [0.29, 0.717) is 5.56 Å². The third-order valence-electron chi connectivity index (χ3n) is 3.55. The maximum Gasteiger partial charge on any atom is 0.288 e. The molecule has 1 aliphatic rings. The van der Waals surface area contributed by atoms with Crippen molar-refractivity contribution in [3.63, 3.8) is 0 Å². The summed E-state index contributed by atoms with van der Waals surface area (Å²) in [5.74, 6) is 0.203. The summed E-state index contributed by atoms with van der Waals surface area (Å²) in [5.41, 5.74) is 6.32. The van der Waals surface area contributed by atoms with E-state index in [0.717, 1.165) is 19.3 Å². The Morgan fingerprint density at radius 1 is 1.47 bits per heavy atom. The Bertz CT molecular complexity index is 466. The number of hydrogen-bond acceptors (Lipinski definition) is 4. The second kappa shape index (κ2) is 6.52. The van der Waals surface area contributed by atoms with Gasteiger partial charge in [-0.25, -0.2) is 0 Å². The maximum atomic E-state index is 10.8. The number of aliphatic hydroxyl groups is 1. The van der Waals surface area contributed by atoms with Gasteiger partial charge in [-0.2, -0.15) is 0 Å². The van der Waals surface area contributed by atoms with Gasteiger partial charge in [0.1, 0.15) is 5.02 Å². The van der Waals surface area contributed by atoms with E-state index < -0.39 is 17.1 Å². The van der Waals surface area contributed by atoms with Crippen molar-refractivity contribution in [3.05, 3.63) is 38.9 Å². The predicted octanol–water partition coefficient (Wildman–Crippen LogP) is 2.83. The van der Waals surface area contributed by atoms with Crippen molar-refractivity contribution in [1.29, 1.82) is 0 Å². The molecule has 0 heterocycles. The predicted molar refractivity (Wildman–Crippen MR) is 75.6 cm³/mol. The normalized spacial score (nSPS) is 18.1. The molecule has 0 aliphatic heterocycles. The van der Waals surface area contributed by atoms with Crippen molar-refractivity contribution >= 4 is 29.7 Å². The molecule has 106 valence electrons. The summed E-state index contributed by atoms with van der Waals surface area (Å²) in [4.78, 5) is 10.2. The van der Waals surface area contributed by atoms with Crippen LogP contribution in [0.1, 0.15) is 30.9 Å². The second-order valence-corrected chi connectivity index (χ2v) is 5.08. The largest absolute Gasteiger partial charge is 0.391 e. The SMILES string of the molecule is Cl.N[C@@H](c1ccc(Cl)c([N+](=O)[O-])c1)[C@H](O)C1CCC1. The van der Waals surface area contributed by atoms with Crippen LogP contribution in [0.25, 0.3) is 0 Å². The van der Waals surface area contributed by atoms with E-state index in [9.17, 15) is 15.2 Å². The van der Waals surface area contributed by atoms with Gasteiger partial charge >= 0.3 is 0 Å². The Morgan fingerprint density at radius 2 is 2.11 bits per heavy atom.